The first-order valence-corrected chi connectivity index (χ1v) is 8.75. The standard InChI is InChI=1S/C21H18FNO6/c1-3-27-18-11-13(4-9-17(18)28-12-19(24)26-2)10-16-21(25)29-20(23-16)14-5-7-15(22)8-6-14/h4-11H,3,12H2,1-2H3/b16-10-. The van der Waals surface area contributed by atoms with Gasteiger partial charge in [0.15, 0.2) is 23.8 Å². The van der Waals surface area contributed by atoms with Crippen LogP contribution in [0.3, 0.4) is 0 Å². The summed E-state index contributed by atoms with van der Waals surface area (Å²) >= 11 is 0. The molecular weight excluding hydrogens is 381 g/mol. The molecule has 0 saturated heterocycles. The van der Waals surface area contributed by atoms with Gasteiger partial charge in [-0.1, -0.05) is 6.07 Å². The van der Waals surface area contributed by atoms with E-state index in [1.54, 1.807) is 18.2 Å². The second kappa shape index (κ2) is 9.01. The van der Waals surface area contributed by atoms with E-state index >= 15 is 0 Å². The molecule has 150 valence electrons. The van der Waals surface area contributed by atoms with Gasteiger partial charge in [-0.2, -0.15) is 0 Å². The normalized spacial score (nSPS) is 14.4. The Morgan fingerprint density at radius 1 is 1.14 bits per heavy atom. The molecule has 2 aromatic rings. The fourth-order valence-electron chi connectivity index (χ4n) is 2.48. The summed E-state index contributed by atoms with van der Waals surface area (Å²) in [6.07, 6.45) is 1.53. The summed E-state index contributed by atoms with van der Waals surface area (Å²) in [6.45, 7) is 1.93. The van der Waals surface area contributed by atoms with Gasteiger partial charge in [-0.3, -0.25) is 0 Å². The third kappa shape index (κ3) is 4.98. The van der Waals surface area contributed by atoms with Gasteiger partial charge in [0.2, 0.25) is 5.90 Å². The van der Waals surface area contributed by atoms with E-state index in [0.717, 1.165) is 0 Å². The summed E-state index contributed by atoms with van der Waals surface area (Å²) in [5.74, 6) is -0.663. The average Bonchev–Trinajstić information content (AvgIpc) is 3.08. The van der Waals surface area contributed by atoms with Gasteiger partial charge >= 0.3 is 11.9 Å². The van der Waals surface area contributed by atoms with Crippen LogP contribution in [-0.4, -0.2) is 38.2 Å². The van der Waals surface area contributed by atoms with Crippen molar-refractivity contribution in [1.29, 1.82) is 0 Å². The van der Waals surface area contributed by atoms with Crippen molar-refractivity contribution in [1.82, 2.24) is 0 Å². The van der Waals surface area contributed by atoms with E-state index in [2.05, 4.69) is 9.73 Å². The number of benzene rings is 2. The fraction of sp³-hybridized carbons (Fsp3) is 0.190. The lowest BCUT2D eigenvalue weighted by Crippen LogP contribution is -2.13. The second-order valence-electron chi connectivity index (χ2n) is 5.85. The zero-order chi connectivity index (χ0) is 20.8. The van der Waals surface area contributed by atoms with Gasteiger partial charge < -0.3 is 18.9 Å². The molecule has 3 rings (SSSR count). The molecule has 1 aliphatic rings. The van der Waals surface area contributed by atoms with E-state index in [4.69, 9.17) is 14.2 Å². The van der Waals surface area contributed by atoms with Gasteiger partial charge in [0.1, 0.15) is 5.82 Å². The molecule has 0 spiro atoms. The molecule has 8 heteroatoms. The van der Waals surface area contributed by atoms with Gasteiger partial charge in [0.25, 0.3) is 0 Å². The number of hydrogen-bond acceptors (Lipinski definition) is 7. The number of ether oxygens (including phenoxy) is 4. The number of halogens is 1. The Bertz CT molecular complexity index is 981. The van der Waals surface area contributed by atoms with Crippen LogP contribution in [0, 0.1) is 5.82 Å². The Morgan fingerprint density at radius 3 is 2.59 bits per heavy atom. The molecule has 29 heavy (non-hydrogen) atoms. The second-order valence-corrected chi connectivity index (χ2v) is 5.85. The maximum absolute atomic E-state index is 13.1. The molecule has 1 heterocycles. The van der Waals surface area contributed by atoms with Crippen LogP contribution in [0.2, 0.25) is 0 Å². The van der Waals surface area contributed by atoms with Crippen LogP contribution in [0.4, 0.5) is 4.39 Å². The number of esters is 2. The minimum atomic E-state index is -0.617. The van der Waals surface area contributed by atoms with Crippen LogP contribution in [0.5, 0.6) is 11.5 Å². The molecule has 1 aliphatic heterocycles. The number of carbonyl (C=O) groups is 2. The molecule has 0 aromatic heterocycles. The molecule has 0 unspecified atom stereocenters. The van der Waals surface area contributed by atoms with Gasteiger partial charge in [0, 0.05) is 5.56 Å². The van der Waals surface area contributed by atoms with Crippen LogP contribution in [0.15, 0.2) is 53.2 Å². The lowest BCUT2D eigenvalue weighted by Gasteiger charge is -2.11. The van der Waals surface area contributed by atoms with E-state index in [0.29, 0.717) is 29.2 Å². The van der Waals surface area contributed by atoms with E-state index in [1.807, 2.05) is 6.92 Å². The average molecular weight is 399 g/mol. The van der Waals surface area contributed by atoms with E-state index in [-0.39, 0.29) is 18.2 Å². The largest absolute Gasteiger partial charge is 0.490 e. The van der Waals surface area contributed by atoms with E-state index < -0.39 is 17.8 Å². The maximum Gasteiger partial charge on any atom is 0.363 e. The third-order valence-electron chi connectivity index (χ3n) is 3.86. The quantitative estimate of drug-likeness (QED) is 0.526. The number of aliphatic imine (C=N–C) groups is 1. The highest BCUT2D eigenvalue weighted by Gasteiger charge is 2.24. The van der Waals surface area contributed by atoms with Crippen LogP contribution in [-0.2, 0) is 19.1 Å². The van der Waals surface area contributed by atoms with Crippen molar-refractivity contribution < 1.29 is 32.9 Å². The Kier molecular flexibility index (Phi) is 6.23. The molecule has 0 aliphatic carbocycles. The van der Waals surface area contributed by atoms with Crippen molar-refractivity contribution in [2.45, 2.75) is 6.92 Å². The summed E-state index contributed by atoms with van der Waals surface area (Å²) in [4.78, 5) is 27.6. The Labute approximate surface area is 166 Å². The lowest BCUT2D eigenvalue weighted by molar-refractivity contribution is -0.143. The van der Waals surface area contributed by atoms with Crippen molar-refractivity contribution >= 4 is 23.9 Å². The summed E-state index contributed by atoms with van der Waals surface area (Å²) in [5.41, 5.74) is 1.20. The zero-order valence-corrected chi connectivity index (χ0v) is 15.8. The van der Waals surface area contributed by atoms with Gasteiger partial charge in [-0.15, -0.1) is 0 Å². The van der Waals surface area contributed by atoms with Gasteiger partial charge in [0.05, 0.1) is 13.7 Å². The zero-order valence-electron chi connectivity index (χ0n) is 15.8. The number of nitrogens with zero attached hydrogens (tertiary/aromatic N) is 1. The lowest BCUT2D eigenvalue weighted by atomic mass is 10.1. The van der Waals surface area contributed by atoms with Crippen molar-refractivity contribution in [3.63, 3.8) is 0 Å². The highest BCUT2D eigenvalue weighted by Crippen LogP contribution is 2.30. The highest BCUT2D eigenvalue weighted by atomic mass is 19.1. The first-order valence-electron chi connectivity index (χ1n) is 8.75. The Balaban J connectivity index is 1.84. The number of cyclic esters (lactones) is 1. The molecule has 0 fully saturated rings. The van der Waals surface area contributed by atoms with Crippen molar-refractivity contribution in [2.75, 3.05) is 20.3 Å². The van der Waals surface area contributed by atoms with Crippen LogP contribution in [0.25, 0.3) is 6.08 Å². The minimum Gasteiger partial charge on any atom is -0.490 e. The third-order valence-corrected chi connectivity index (χ3v) is 3.86. The Morgan fingerprint density at radius 2 is 1.90 bits per heavy atom. The fourth-order valence-corrected chi connectivity index (χ4v) is 2.48. The van der Waals surface area contributed by atoms with Gasteiger partial charge in [-0.25, -0.2) is 19.0 Å². The summed E-state index contributed by atoms with van der Waals surface area (Å²) < 4.78 is 33.7. The first-order chi connectivity index (χ1) is 14.0. The van der Waals surface area contributed by atoms with E-state index in [1.165, 1.54) is 37.5 Å². The summed E-state index contributed by atoms with van der Waals surface area (Å²) in [7, 11) is 1.27. The molecular formula is C21H18FNO6. The molecule has 0 radical (unpaired) electrons. The van der Waals surface area contributed by atoms with Gasteiger partial charge in [-0.05, 0) is 55.0 Å². The first kappa shape index (κ1) is 20.1. The summed E-state index contributed by atoms with van der Waals surface area (Å²) in [6, 6.07) is 10.4. The number of methoxy groups -OCH3 is 1. The SMILES string of the molecule is CCOc1cc(/C=C2\N=C(c3ccc(F)cc3)OC2=O)ccc1OCC(=O)OC. The molecule has 0 amide bonds. The Hall–Kier alpha value is -3.68. The van der Waals surface area contributed by atoms with Crippen molar-refractivity contribution in [3.8, 4) is 11.5 Å². The molecule has 0 N–H and O–H groups in total. The number of carbonyl (C=O) groups excluding carboxylic acids is 2. The smallest absolute Gasteiger partial charge is 0.363 e. The highest BCUT2D eigenvalue weighted by molar-refractivity contribution is 6.12. The molecule has 0 saturated carbocycles. The minimum absolute atomic E-state index is 0.0926. The van der Waals surface area contributed by atoms with Crippen LogP contribution >= 0.6 is 0 Å². The monoisotopic (exact) mass is 399 g/mol. The molecule has 7 nitrogen and oxygen atoms in total. The van der Waals surface area contributed by atoms with Crippen molar-refractivity contribution in [3.05, 3.63) is 65.1 Å². The predicted octanol–water partition coefficient (Wildman–Crippen LogP) is 3.12. The number of rotatable bonds is 7. The van der Waals surface area contributed by atoms with E-state index in [9.17, 15) is 14.0 Å². The molecule has 2 aromatic carbocycles. The van der Waals surface area contributed by atoms with Crippen molar-refractivity contribution in [2.24, 2.45) is 4.99 Å². The van der Waals surface area contributed by atoms with Crippen LogP contribution < -0.4 is 9.47 Å². The molecule has 0 bridgehead atoms. The summed E-state index contributed by atoms with van der Waals surface area (Å²) in [5, 5.41) is 0. The maximum atomic E-state index is 13.1. The molecule has 0 atom stereocenters. The van der Waals surface area contributed by atoms with Crippen LogP contribution in [0.1, 0.15) is 18.1 Å². The predicted molar refractivity (Wildman–Crippen MR) is 102 cm³/mol. The topological polar surface area (TPSA) is 83.4 Å². The number of hydrogen-bond donors (Lipinski definition) is 0.